The summed E-state index contributed by atoms with van der Waals surface area (Å²) in [5.41, 5.74) is 0.351. The molecule has 27 heavy (non-hydrogen) atoms. The molecule has 2 aromatic heterocycles. The minimum absolute atomic E-state index is 0.139. The van der Waals surface area contributed by atoms with Gasteiger partial charge in [0.2, 0.25) is 10.0 Å². The topological polar surface area (TPSA) is 76.9 Å². The summed E-state index contributed by atoms with van der Waals surface area (Å²) in [7, 11) is -3.59. The van der Waals surface area contributed by atoms with Gasteiger partial charge in [0, 0.05) is 30.2 Å². The number of halogens is 3. The lowest BCUT2D eigenvalue weighted by atomic mass is 10.3. The number of hydrogen-bond acceptors (Lipinski definition) is 4. The number of nitrogens with one attached hydrogen (secondary N) is 1. The highest BCUT2D eigenvalue weighted by molar-refractivity contribution is 7.92. The van der Waals surface area contributed by atoms with Crippen LogP contribution in [0.3, 0.4) is 0 Å². The molecule has 10 heteroatoms. The van der Waals surface area contributed by atoms with Crippen LogP contribution in [-0.4, -0.2) is 28.9 Å². The van der Waals surface area contributed by atoms with Gasteiger partial charge in [-0.3, -0.25) is 9.71 Å². The van der Waals surface area contributed by atoms with Gasteiger partial charge < -0.3 is 0 Å². The Kier molecular flexibility index (Phi) is 5.17. The molecule has 0 aliphatic carbocycles. The first-order valence-electron chi connectivity index (χ1n) is 7.87. The fourth-order valence-corrected chi connectivity index (χ4v) is 3.39. The largest absolute Gasteiger partial charge is 0.435 e. The molecular formula is C17H15F3N4O2S. The molecule has 0 spiro atoms. The molecule has 0 saturated heterocycles. The normalized spacial score (nSPS) is 12.1. The molecule has 3 aromatic rings. The van der Waals surface area contributed by atoms with E-state index in [1.54, 1.807) is 24.4 Å². The summed E-state index contributed by atoms with van der Waals surface area (Å²) in [5, 5.41) is 3.47. The number of alkyl halides is 3. The van der Waals surface area contributed by atoms with E-state index in [0.717, 1.165) is 10.7 Å². The second kappa shape index (κ2) is 7.39. The van der Waals surface area contributed by atoms with Crippen molar-refractivity contribution >= 4 is 15.7 Å². The van der Waals surface area contributed by atoms with Crippen molar-refractivity contribution < 1.29 is 21.6 Å². The average Bonchev–Trinajstić information content (AvgIpc) is 3.12. The predicted molar refractivity (Wildman–Crippen MR) is 93.9 cm³/mol. The van der Waals surface area contributed by atoms with Gasteiger partial charge in [0.25, 0.3) is 0 Å². The summed E-state index contributed by atoms with van der Waals surface area (Å²) in [6, 6.07) is 12.0. The van der Waals surface area contributed by atoms with Crippen molar-refractivity contribution in [1.82, 2.24) is 14.8 Å². The average molecular weight is 396 g/mol. The van der Waals surface area contributed by atoms with E-state index >= 15 is 0 Å². The van der Waals surface area contributed by atoms with Gasteiger partial charge >= 0.3 is 6.18 Å². The van der Waals surface area contributed by atoms with E-state index < -0.39 is 21.9 Å². The van der Waals surface area contributed by atoms with Crippen molar-refractivity contribution in [2.75, 3.05) is 10.5 Å². The summed E-state index contributed by atoms with van der Waals surface area (Å²) in [6.45, 7) is 0. The summed E-state index contributed by atoms with van der Waals surface area (Å²) in [6.07, 6.45) is -1.47. The van der Waals surface area contributed by atoms with Gasteiger partial charge in [-0.2, -0.15) is 18.3 Å². The molecule has 1 aromatic carbocycles. The van der Waals surface area contributed by atoms with Crippen molar-refractivity contribution in [3.8, 4) is 5.69 Å². The predicted octanol–water partition coefficient (Wildman–Crippen LogP) is 3.27. The molecule has 0 aliphatic heterocycles. The standard InChI is InChI=1S/C17H15F3N4O2S/c18-17(19,20)16-8-11-24(22-16)15-6-4-14(5-7-15)23-27(25,26)12-9-13-3-1-2-10-21-13/h1-8,10-11,23H,9,12H2. The smallest absolute Gasteiger partial charge is 0.284 e. The number of aromatic nitrogens is 3. The van der Waals surface area contributed by atoms with Gasteiger partial charge in [-0.25, -0.2) is 13.1 Å². The number of rotatable bonds is 6. The van der Waals surface area contributed by atoms with Crippen LogP contribution in [0.1, 0.15) is 11.4 Å². The third kappa shape index (κ3) is 5.07. The molecule has 142 valence electrons. The maximum absolute atomic E-state index is 12.6. The molecule has 0 saturated carbocycles. The molecule has 3 rings (SSSR count). The van der Waals surface area contributed by atoms with Gasteiger partial charge in [0.05, 0.1) is 11.4 Å². The van der Waals surface area contributed by atoms with Crippen molar-refractivity contribution in [2.45, 2.75) is 12.6 Å². The van der Waals surface area contributed by atoms with Gasteiger partial charge in [0.1, 0.15) is 0 Å². The number of benzene rings is 1. The van der Waals surface area contributed by atoms with Gasteiger partial charge in [0.15, 0.2) is 5.69 Å². The van der Waals surface area contributed by atoms with Crippen LogP contribution in [0.4, 0.5) is 18.9 Å². The van der Waals surface area contributed by atoms with E-state index in [-0.39, 0.29) is 12.2 Å². The Balaban J connectivity index is 1.65. The second-order valence-corrected chi connectivity index (χ2v) is 7.52. The highest BCUT2D eigenvalue weighted by Crippen LogP contribution is 2.28. The Morgan fingerprint density at radius 3 is 2.37 bits per heavy atom. The zero-order chi connectivity index (χ0) is 19.5. The molecule has 0 bridgehead atoms. The van der Waals surface area contributed by atoms with E-state index in [9.17, 15) is 21.6 Å². The third-order valence-corrected chi connectivity index (χ3v) is 4.93. The fraction of sp³-hybridized carbons (Fsp3) is 0.176. The van der Waals surface area contributed by atoms with Crippen LogP contribution in [0.15, 0.2) is 60.9 Å². The van der Waals surface area contributed by atoms with Gasteiger partial charge in [-0.05, 0) is 42.5 Å². The van der Waals surface area contributed by atoms with Crippen molar-refractivity contribution in [2.24, 2.45) is 0 Å². The Morgan fingerprint density at radius 2 is 1.78 bits per heavy atom. The van der Waals surface area contributed by atoms with Crippen molar-refractivity contribution in [3.05, 3.63) is 72.3 Å². The zero-order valence-corrected chi connectivity index (χ0v) is 14.7. The molecule has 0 amide bonds. The summed E-state index contributed by atoms with van der Waals surface area (Å²) >= 11 is 0. The quantitative estimate of drug-likeness (QED) is 0.694. The summed E-state index contributed by atoms with van der Waals surface area (Å²) in [5.74, 6) is -0.139. The van der Waals surface area contributed by atoms with Crippen molar-refractivity contribution in [3.63, 3.8) is 0 Å². The lowest BCUT2D eigenvalue weighted by Gasteiger charge is -2.09. The molecule has 0 atom stereocenters. The van der Waals surface area contributed by atoms with Gasteiger partial charge in [-0.15, -0.1) is 0 Å². The number of nitrogens with zero attached hydrogens (tertiary/aromatic N) is 3. The molecule has 0 aliphatic rings. The second-order valence-electron chi connectivity index (χ2n) is 5.68. The highest BCUT2D eigenvalue weighted by Gasteiger charge is 2.33. The molecule has 1 N–H and O–H groups in total. The first kappa shape index (κ1) is 18.9. The van der Waals surface area contributed by atoms with E-state index in [1.165, 1.54) is 30.5 Å². The van der Waals surface area contributed by atoms with Crippen molar-refractivity contribution in [1.29, 1.82) is 0 Å². The Labute approximate surface area is 153 Å². The fourth-order valence-electron chi connectivity index (χ4n) is 2.32. The number of sulfonamides is 1. The summed E-state index contributed by atoms with van der Waals surface area (Å²) < 4.78 is 65.6. The summed E-state index contributed by atoms with van der Waals surface area (Å²) in [4.78, 5) is 4.07. The molecule has 0 radical (unpaired) electrons. The number of aryl methyl sites for hydroxylation is 1. The Hall–Kier alpha value is -2.88. The molecule has 0 unspecified atom stereocenters. The van der Waals surface area contributed by atoms with Crippen LogP contribution in [0.2, 0.25) is 0 Å². The highest BCUT2D eigenvalue weighted by atomic mass is 32.2. The van der Waals surface area contributed by atoms with Crippen LogP contribution in [0.5, 0.6) is 0 Å². The monoisotopic (exact) mass is 396 g/mol. The van der Waals surface area contributed by atoms with E-state index in [0.29, 0.717) is 17.1 Å². The number of pyridine rings is 1. The minimum Gasteiger partial charge on any atom is -0.284 e. The third-order valence-electron chi connectivity index (χ3n) is 3.64. The van der Waals surface area contributed by atoms with E-state index in [2.05, 4.69) is 14.8 Å². The first-order chi connectivity index (χ1) is 12.7. The Bertz CT molecular complexity index is 1000. The Morgan fingerprint density at radius 1 is 1.04 bits per heavy atom. The molecular weight excluding hydrogens is 381 g/mol. The van der Waals surface area contributed by atoms with Crippen LogP contribution in [0, 0.1) is 0 Å². The van der Waals surface area contributed by atoms with Crippen LogP contribution >= 0.6 is 0 Å². The van der Waals surface area contributed by atoms with Crippen LogP contribution in [0.25, 0.3) is 5.69 Å². The van der Waals surface area contributed by atoms with Crippen LogP contribution < -0.4 is 4.72 Å². The number of hydrogen-bond donors (Lipinski definition) is 1. The zero-order valence-electron chi connectivity index (χ0n) is 13.9. The maximum Gasteiger partial charge on any atom is 0.435 e. The lowest BCUT2D eigenvalue weighted by molar-refractivity contribution is -0.141. The van der Waals surface area contributed by atoms with E-state index in [1.807, 2.05) is 0 Å². The molecule has 6 nitrogen and oxygen atoms in total. The number of anilines is 1. The molecule has 0 fully saturated rings. The minimum atomic E-state index is -4.52. The SMILES string of the molecule is O=S(=O)(CCc1ccccn1)Nc1ccc(-n2ccc(C(F)(F)F)n2)cc1. The van der Waals surface area contributed by atoms with Crippen LogP contribution in [-0.2, 0) is 22.6 Å². The maximum atomic E-state index is 12.6. The van der Waals surface area contributed by atoms with Gasteiger partial charge in [-0.1, -0.05) is 6.07 Å². The first-order valence-corrected chi connectivity index (χ1v) is 9.52. The van der Waals surface area contributed by atoms with E-state index in [4.69, 9.17) is 0 Å². The molecule has 2 heterocycles. The lowest BCUT2D eigenvalue weighted by Crippen LogP contribution is -2.18.